The van der Waals surface area contributed by atoms with E-state index in [0.717, 1.165) is 22.8 Å². The lowest BCUT2D eigenvalue weighted by atomic mass is 9.75. The van der Waals surface area contributed by atoms with Crippen LogP contribution in [0.4, 0.5) is 0 Å². The lowest BCUT2D eigenvalue weighted by Crippen LogP contribution is -2.30. The van der Waals surface area contributed by atoms with Crippen LogP contribution in [0, 0.1) is 12.3 Å². The number of Topliss-reactive ketones (excluding diaryl/α,β-unsaturated/α-hetero) is 1. The summed E-state index contributed by atoms with van der Waals surface area (Å²) < 4.78 is 1.79. The molecule has 0 fully saturated rings. The van der Waals surface area contributed by atoms with Crippen molar-refractivity contribution >= 4 is 21.7 Å². The minimum atomic E-state index is -0.136. The number of pyridine rings is 1. The van der Waals surface area contributed by atoms with E-state index in [-0.39, 0.29) is 16.0 Å². The molecular formula is C15H16BrN3O. The van der Waals surface area contributed by atoms with Crippen LogP contribution in [0.3, 0.4) is 0 Å². The second-order valence-electron chi connectivity index (χ2n) is 5.90. The Balaban J connectivity index is 2.26. The van der Waals surface area contributed by atoms with E-state index in [4.69, 9.17) is 0 Å². The van der Waals surface area contributed by atoms with Crippen molar-refractivity contribution in [1.82, 2.24) is 14.8 Å². The quantitative estimate of drug-likeness (QED) is 0.749. The first-order chi connectivity index (χ1) is 9.42. The number of carbonyl (C=O) groups is 1. The fourth-order valence-corrected chi connectivity index (χ4v) is 3.32. The van der Waals surface area contributed by atoms with E-state index in [0.29, 0.717) is 6.42 Å². The molecule has 2 aromatic heterocycles. The molecule has 2 aromatic rings. The van der Waals surface area contributed by atoms with Crippen molar-refractivity contribution < 1.29 is 4.79 Å². The molecule has 1 aliphatic rings. The van der Waals surface area contributed by atoms with Gasteiger partial charge < -0.3 is 0 Å². The highest BCUT2D eigenvalue weighted by Gasteiger charge is 2.42. The lowest BCUT2D eigenvalue weighted by Gasteiger charge is -2.34. The van der Waals surface area contributed by atoms with Crippen molar-refractivity contribution in [3.63, 3.8) is 0 Å². The van der Waals surface area contributed by atoms with Gasteiger partial charge in [0.1, 0.15) is 0 Å². The summed E-state index contributed by atoms with van der Waals surface area (Å²) >= 11 is 3.76. The van der Waals surface area contributed by atoms with Gasteiger partial charge in [-0.15, -0.1) is 0 Å². The van der Waals surface area contributed by atoms with Crippen LogP contribution in [0.2, 0.25) is 0 Å². The monoisotopic (exact) mass is 333 g/mol. The Labute approximate surface area is 126 Å². The molecule has 0 aromatic carbocycles. The topological polar surface area (TPSA) is 47.8 Å². The molecule has 5 heteroatoms. The smallest absolute Gasteiger partial charge is 0.167 e. The third kappa shape index (κ3) is 1.92. The summed E-state index contributed by atoms with van der Waals surface area (Å²) in [6.45, 7) is 6.07. The molecule has 104 valence electrons. The van der Waals surface area contributed by atoms with Crippen molar-refractivity contribution in [2.24, 2.45) is 5.41 Å². The van der Waals surface area contributed by atoms with Gasteiger partial charge >= 0.3 is 0 Å². The molecule has 1 unspecified atom stereocenters. The maximum Gasteiger partial charge on any atom is 0.167 e. The molecule has 0 aliphatic heterocycles. The second kappa shape index (κ2) is 4.52. The van der Waals surface area contributed by atoms with Gasteiger partial charge in [-0.3, -0.25) is 4.79 Å². The van der Waals surface area contributed by atoms with Crippen LogP contribution >= 0.6 is 15.9 Å². The second-order valence-corrected chi connectivity index (χ2v) is 6.81. The number of carbonyl (C=O) groups excluding carboxylic acids is 1. The zero-order valence-electron chi connectivity index (χ0n) is 11.7. The number of aromatic nitrogens is 3. The minimum absolute atomic E-state index is 0.0749. The fraction of sp³-hybridized carbons (Fsp3) is 0.400. The summed E-state index contributed by atoms with van der Waals surface area (Å²) in [5, 5.41) is 4.53. The molecule has 4 nitrogen and oxygen atoms in total. The van der Waals surface area contributed by atoms with Crippen molar-refractivity contribution in [1.29, 1.82) is 0 Å². The van der Waals surface area contributed by atoms with E-state index in [9.17, 15) is 4.79 Å². The molecule has 20 heavy (non-hydrogen) atoms. The number of rotatable bonds is 1. The van der Waals surface area contributed by atoms with E-state index in [1.807, 2.05) is 25.1 Å². The molecule has 0 bridgehead atoms. The van der Waals surface area contributed by atoms with Crippen LogP contribution in [0.1, 0.15) is 46.8 Å². The first-order valence-corrected chi connectivity index (χ1v) is 7.51. The largest absolute Gasteiger partial charge is 0.294 e. The Morgan fingerprint density at radius 3 is 2.80 bits per heavy atom. The van der Waals surface area contributed by atoms with Crippen molar-refractivity contribution in [3.8, 4) is 5.82 Å². The number of hydrogen-bond acceptors (Lipinski definition) is 3. The Kier molecular flexibility index (Phi) is 3.05. The van der Waals surface area contributed by atoms with Crippen LogP contribution in [0.5, 0.6) is 0 Å². The molecule has 0 N–H and O–H groups in total. The predicted molar refractivity (Wildman–Crippen MR) is 80.5 cm³/mol. The summed E-state index contributed by atoms with van der Waals surface area (Å²) in [6, 6.07) is 5.69. The zero-order valence-corrected chi connectivity index (χ0v) is 13.3. The van der Waals surface area contributed by atoms with Gasteiger partial charge in [-0.2, -0.15) is 5.10 Å². The Bertz CT molecular complexity index is 676. The SMILES string of the molecule is Cc1nn(-c2ccccn2)c2c1C(=O)CC(C)(C)C2Br. The number of aryl methyl sites for hydroxylation is 1. The van der Waals surface area contributed by atoms with Crippen molar-refractivity contribution in [2.45, 2.75) is 32.0 Å². The van der Waals surface area contributed by atoms with Crippen LogP contribution < -0.4 is 0 Å². The number of halogens is 1. The predicted octanol–water partition coefficient (Wildman–Crippen LogP) is 3.62. The highest BCUT2D eigenvalue weighted by molar-refractivity contribution is 9.09. The number of hydrogen-bond donors (Lipinski definition) is 0. The molecule has 1 atom stereocenters. The third-order valence-electron chi connectivity index (χ3n) is 3.78. The Morgan fingerprint density at radius 2 is 2.15 bits per heavy atom. The molecule has 0 amide bonds. The van der Waals surface area contributed by atoms with Crippen molar-refractivity contribution in [2.75, 3.05) is 0 Å². The highest BCUT2D eigenvalue weighted by atomic mass is 79.9. The first kappa shape index (κ1) is 13.5. The maximum absolute atomic E-state index is 12.4. The molecule has 0 saturated heterocycles. The van der Waals surface area contributed by atoms with E-state index >= 15 is 0 Å². The highest BCUT2D eigenvalue weighted by Crippen LogP contribution is 2.49. The van der Waals surface area contributed by atoms with E-state index in [1.165, 1.54) is 0 Å². The molecule has 1 aliphatic carbocycles. The van der Waals surface area contributed by atoms with Gasteiger partial charge in [0.05, 0.1) is 21.8 Å². The average molecular weight is 334 g/mol. The number of nitrogens with zero attached hydrogens (tertiary/aromatic N) is 3. The number of fused-ring (bicyclic) bond motifs is 1. The Morgan fingerprint density at radius 1 is 1.40 bits per heavy atom. The molecule has 2 heterocycles. The van der Waals surface area contributed by atoms with Gasteiger partial charge in [0.25, 0.3) is 0 Å². The minimum Gasteiger partial charge on any atom is -0.294 e. The standard InChI is InChI=1S/C15H16BrN3O/c1-9-12-10(20)8-15(2,3)14(16)13(12)19(18-9)11-6-4-5-7-17-11/h4-7,14H,8H2,1-3H3. The fourth-order valence-electron chi connectivity index (χ4n) is 2.74. The first-order valence-electron chi connectivity index (χ1n) is 6.60. The van der Waals surface area contributed by atoms with Crippen LogP contribution in [-0.4, -0.2) is 20.5 Å². The summed E-state index contributed by atoms with van der Waals surface area (Å²) in [7, 11) is 0. The third-order valence-corrected chi connectivity index (χ3v) is 5.46. The number of ketones is 1. The summed E-state index contributed by atoms with van der Waals surface area (Å²) in [5.41, 5.74) is 2.30. The average Bonchev–Trinajstić information content (AvgIpc) is 2.75. The maximum atomic E-state index is 12.4. The van der Waals surface area contributed by atoms with Gasteiger partial charge in [0, 0.05) is 12.6 Å². The molecule has 0 radical (unpaired) electrons. The normalized spacial score (nSPS) is 20.8. The lowest BCUT2D eigenvalue weighted by molar-refractivity contribution is 0.0909. The molecule has 3 rings (SSSR count). The van der Waals surface area contributed by atoms with E-state index in [1.54, 1.807) is 10.9 Å². The summed E-state index contributed by atoms with van der Waals surface area (Å²) in [4.78, 5) is 16.8. The van der Waals surface area contributed by atoms with Gasteiger partial charge in [-0.1, -0.05) is 35.8 Å². The van der Waals surface area contributed by atoms with Gasteiger partial charge in [-0.25, -0.2) is 9.67 Å². The van der Waals surface area contributed by atoms with Crippen molar-refractivity contribution in [3.05, 3.63) is 41.3 Å². The number of alkyl halides is 1. The van der Waals surface area contributed by atoms with Gasteiger partial charge in [0.2, 0.25) is 0 Å². The summed E-state index contributed by atoms with van der Waals surface area (Å²) in [6.07, 6.45) is 2.27. The van der Waals surface area contributed by atoms with E-state index < -0.39 is 0 Å². The van der Waals surface area contributed by atoms with Crippen LogP contribution in [-0.2, 0) is 0 Å². The summed E-state index contributed by atoms with van der Waals surface area (Å²) in [5.74, 6) is 0.909. The van der Waals surface area contributed by atoms with Crippen LogP contribution in [0.25, 0.3) is 5.82 Å². The molecule has 0 spiro atoms. The van der Waals surface area contributed by atoms with Gasteiger partial charge in [-0.05, 0) is 24.5 Å². The van der Waals surface area contributed by atoms with E-state index in [2.05, 4.69) is 39.9 Å². The Hall–Kier alpha value is -1.49. The zero-order chi connectivity index (χ0) is 14.5. The van der Waals surface area contributed by atoms with Crippen LogP contribution in [0.15, 0.2) is 24.4 Å². The van der Waals surface area contributed by atoms with Gasteiger partial charge in [0.15, 0.2) is 11.6 Å². The molecular weight excluding hydrogens is 318 g/mol. The molecule has 0 saturated carbocycles.